The molecule has 0 radical (unpaired) electrons. The van der Waals surface area contributed by atoms with E-state index in [4.69, 9.17) is 30.5 Å². The molecule has 1 aromatic heterocycles. The molecule has 1 amide bonds. The highest BCUT2D eigenvalue weighted by Gasteiger charge is 2.48. The van der Waals surface area contributed by atoms with Crippen molar-refractivity contribution in [2.75, 3.05) is 24.7 Å². The van der Waals surface area contributed by atoms with Crippen LogP contribution in [0.15, 0.2) is 90.5 Å². The van der Waals surface area contributed by atoms with Gasteiger partial charge in [-0.3, -0.25) is 14.5 Å². The van der Waals surface area contributed by atoms with Gasteiger partial charge in [0.1, 0.15) is 25.6 Å². The predicted octanol–water partition coefficient (Wildman–Crippen LogP) is 7.32. The van der Waals surface area contributed by atoms with Crippen molar-refractivity contribution in [1.29, 1.82) is 0 Å². The molecule has 2 aliphatic rings. The fraction of sp³-hybridized carbons (Fsp3) is 0.171. The Morgan fingerprint density at radius 1 is 0.957 bits per heavy atom. The molecule has 1 N–H and O–H groups in total. The third-order valence-electron chi connectivity index (χ3n) is 7.63. The summed E-state index contributed by atoms with van der Waals surface area (Å²) >= 11 is 7.46. The minimum absolute atomic E-state index is 0.0978. The molecule has 3 heterocycles. The number of aliphatic hydroxyl groups is 1. The quantitative estimate of drug-likeness (QED) is 0.105. The lowest BCUT2D eigenvalue weighted by molar-refractivity contribution is -0.132. The summed E-state index contributed by atoms with van der Waals surface area (Å²) in [6.45, 7) is 3.28. The summed E-state index contributed by atoms with van der Waals surface area (Å²) in [5, 5.41) is 12.5. The lowest BCUT2D eigenvalue weighted by Crippen LogP contribution is -2.29. The number of carbonyl (C=O) groups is 2. The first-order valence-electron chi connectivity index (χ1n) is 14.6. The van der Waals surface area contributed by atoms with Gasteiger partial charge >= 0.3 is 5.91 Å². The van der Waals surface area contributed by atoms with Crippen LogP contribution in [-0.4, -0.2) is 41.6 Å². The van der Waals surface area contributed by atoms with Crippen molar-refractivity contribution in [3.63, 3.8) is 0 Å². The van der Waals surface area contributed by atoms with Gasteiger partial charge in [-0.15, -0.1) is 0 Å². The molecule has 2 aliphatic heterocycles. The number of hydrogen-bond acceptors (Lipinski definition) is 9. The van der Waals surface area contributed by atoms with E-state index in [1.807, 2.05) is 37.3 Å². The minimum Gasteiger partial charge on any atom is -0.507 e. The topological polar surface area (TPSA) is 107 Å². The lowest BCUT2D eigenvalue weighted by Gasteiger charge is -2.24. The summed E-state index contributed by atoms with van der Waals surface area (Å²) in [4.78, 5) is 33.6. The third kappa shape index (κ3) is 5.50. The van der Waals surface area contributed by atoms with Crippen LogP contribution in [0.2, 0.25) is 5.02 Å². The van der Waals surface area contributed by atoms with Gasteiger partial charge in [0.15, 0.2) is 28.1 Å². The van der Waals surface area contributed by atoms with E-state index in [1.54, 1.807) is 54.6 Å². The van der Waals surface area contributed by atoms with Crippen LogP contribution < -0.4 is 23.8 Å². The molecule has 0 aliphatic carbocycles. The molecule has 11 heteroatoms. The molecule has 0 saturated carbocycles. The first-order valence-corrected chi connectivity index (χ1v) is 15.8. The van der Waals surface area contributed by atoms with E-state index in [0.29, 0.717) is 71.1 Å². The second-order valence-corrected chi connectivity index (χ2v) is 12.0. The molecule has 4 aromatic carbocycles. The number of thiazole rings is 1. The van der Waals surface area contributed by atoms with Gasteiger partial charge in [-0.25, -0.2) is 4.98 Å². The summed E-state index contributed by atoms with van der Waals surface area (Å²) in [5.41, 5.74) is 2.33. The molecule has 1 fully saturated rings. The number of aliphatic hydroxyl groups excluding tert-OH is 1. The Bertz CT molecular complexity index is 2010. The van der Waals surface area contributed by atoms with Gasteiger partial charge in [-0.2, -0.15) is 0 Å². The summed E-state index contributed by atoms with van der Waals surface area (Å²) in [7, 11) is 0. The molecule has 0 spiro atoms. The number of anilines is 1. The van der Waals surface area contributed by atoms with Crippen LogP contribution in [0.25, 0.3) is 16.0 Å². The first-order chi connectivity index (χ1) is 22.4. The monoisotopic (exact) mass is 654 g/mol. The predicted molar refractivity (Wildman–Crippen MR) is 175 cm³/mol. The number of Topliss-reactive ketones (excluding diaryl/α,β-unsaturated/α-hetero) is 1. The van der Waals surface area contributed by atoms with E-state index in [2.05, 4.69) is 4.98 Å². The number of ether oxygens (including phenoxy) is 4. The fourth-order valence-corrected chi connectivity index (χ4v) is 6.77. The summed E-state index contributed by atoms with van der Waals surface area (Å²) in [6, 6.07) is 24.0. The maximum atomic E-state index is 13.8. The van der Waals surface area contributed by atoms with E-state index in [0.717, 1.165) is 10.3 Å². The first kappa shape index (κ1) is 29.6. The maximum Gasteiger partial charge on any atom is 0.301 e. The van der Waals surface area contributed by atoms with Crippen LogP contribution in [-0.2, 0) is 16.2 Å². The third-order valence-corrected chi connectivity index (χ3v) is 8.88. The number of benzene rings is 4. The number of rotatable bonds is 8. The fourth-order valence-electron chi connectivity index (χ4n) is 5.50. The van der Waals surface area contributed by atoms with Gasteiger partial charge in [0.2, 0.25) is 0 Å². The zero-order valence-corrected chi connectivity index (χ0v) is 26.1. The van der Waals surface area contributed by atoms with Crippen molar-refractivity contribution in [1.82, 2.24) is 4.98 Å². The van der Waals surface area contributed by atoms with Crippen molar-refractivity contribution in [2.45, 2.75) is 19.6 Å². The number of fused-ring (bicyclic) bond motifs is 2. The number of amides is 1. The highest BCUT2D eigenvalue weighted by molar-refractivity contribution is 7.22. The average molecular weight is 655 g/mol. The number of hydrogen-bond donors (Lipinski definition) is 1. The lowest BCUT2D eigenvalue weighted by atomic mass is 9.95. The highest BCUT2D eigenvalue weighted by Crippen LogP contribution is 2.46. The van der Waals surface area contributed by atoms with Gasteiger partial charge in [0.25, 0.3) is 5.78 Å². The molecule has 1 unspecified atom stereocenters. The summed E-state index contributed by atoms with van der Waals surface area (Å²) in [6.07, 6.45) is 0. The van der Waals surface area contributed by atoms with Crippen molar-refractivity contribution < 1.29 is 33.6 Å². The number of aromatic nitrogens is 1. The number of carbonyl (C=O) groups excluding carboxylic acids is 2. The smallest absolute Gasteiger partial charge is 0.301 e. The van der Waals surface area contributed by atoms with Crippen LogP contribution in [0, 0.1) is 0 Å². The van der Waals surface area contributed by atoms with Crippen LogP contribution in [0.4, 0.5) is 5.13 Å². The van der Waals surface area contributed by atoms with Gasteiger partial charge in [0.05, 0.1) is 28.4 Å². The zero-order valence-electron chi connectivity index (χ0n) is 24.6. The van der Waals surface area contributed by atoms with Crippen LogP contribution in [0.5, 0.6) is 23.0 Å². The van der Waals surface area contributed by atoms with Crippen molar-refractivity contribution in [3.05, 3.63) is 112 Å². The Morgan fingerprint density at radius 3 is 2.57 bits per heavy atom. The van der Waals surface area contributed by atoms with E-state index in [9.17, 15) is 14.7 Å². The van der Waals surface area contributed by atoms with Crippen LogP contribution in [0.1, 0.15) is 29.7 Å². The summed E-state index contributed by atoms with van der Waals surface area (Å²) < 4.78 is 24.2. The standard InChI is InChI=1S/C35H27ClN2O7S/c1-2-42-27-16-21(8-12-26(27)45-19-20-6-4-3-5-7-20)31-30(32(39)22-9-13-25-28(17-22)44-15-14-43-25)33(40)34(41)38(31)35-37-24-11-10-23(36)18-29(24)46-35/h3-13,16-18,31,39H,2,14-15,19H2,1H3/b32-30+. The zero-order chi connectivity index (χ0) is 31.8. The Balaban J connectivity index is 1.36. The number of ketones is 1. The normalized spacial score (nSPS) is 17.0. The van der Waals surface area contributed by atoms with Gasteiger partial charge in [0, 0.05) is 10.6 Å². The molecular weight excluding hydrogens is 628 g/mol. The van der Waals surface area contributed by atoms with Crippen LogP contribution in [0.3, 0.4) is 0 Å². The van der Waals surface area contributed by atoms with Gasteiger partial charge < -0.3 is 24.1 Å². The van der Waals surface area contributed by atoms with Crippen molar-refractivity contribution >= 4 is 55.7 Å². The Labute approximate surface area is 273 Å². The molecule has 0 bridgehead atoms. The molecule has 5 aromatic rings. The molecule has 46 heavy (non-hydrogen) atoms. The van der Waals surface area contributed by atoms with E-state index < -0.39 is 17.7 Å². The SMILES string of the molecule is CCOc1cc(C2/C(=C(\O)c3ccc4c(c3)OCCO4)C(=O)C(=O)N2c2nc3ccc(Cl)cc3s2)ccc1OCc1ccccc1. The Hall–Kier alpha value is -5.06. The Kier molecular flexibility index (Phi) is 7.98. The average Bonchev–Trinajstić information content (AvgIpc) is 3.61. The van der Waals surface area contributed by atoms with Gasteiger partial charge in [-0.1, -0.05) is 59.3 Å². The number of nitrogens with zero attached hydrogens (tertiary/aromatic N) is 2. The van der Waals surface area contributed by atoms with Crippen LogP contribution >= 0.6 is 22.9 Å². The van der Waals surface area contributed by atoms with Gasteiger partial charge in [-0.05, 0) is 66.6 Å². The van der Waals surface area contributed by atoms with Crippen molar-refractivity contribution in [3.8, 4) is 23.0 Å². The second kappa shape index (κ2) is 12.4. The Morgan fingerprint density at radius 2 is 1.76 bits per heavy atom. The molecule has 232 valence electrons. The maximum absolute atomic E-state index is 13.8. The minimum atomic E-state index is -1.04. The molecular formula is C35H27ClN2O7S. The number of halogens is 1. The second-order valence-electron chi connectivity index (χ2n) is 10.5. The molecule has 1 saturated heterocycles. The summed E-state index contributed by atoms with van der Waals surface area (Å²) in [5.74, 6) is -0.143. The highest BCUT2D eigenvalue weighted by atomic mass is 35.5. The van der Waals surface area contributed by atoms with E-state index in [-0.39, 0.29) is 16.5 Å². The van der Waals surface area contributed by atoms with E-state index >= 15 is 0 Å². The molecule has 9 nitrogen and oxygen atoms in total. The largest absolute Gasteiger partial charge is 0.507 e. The molecule has 1 atom stereocenters. The molecule has 7 rings (SSSR count). The van der Waals surface area contributed by atoms with E-state index in [1.165, 1.54) is 16.2 Å². The van der Waals surface area contributed by atoms with Crippen molar-refractivity contribution in [2.24, 2.45) is 0 Å².